The Morgan fingerprint density at radius 3 is 2.38 bits per heavy atom. The van der Waals surface area contributed by atoms with Gasteiger partial charge in [0.1, 0.15) is 6.61 Å². The number of hydrogen-bond donors (Lipinski definition) is 3. The average Bonchev–Trinajstić information content (AvgIpc) is 2.85. The van der Waals surface area contributed by atoms with Gasteiger partial charge in [0, 0.05) is 0 Å². The van der Waals surface area contributed by atoms with E-state index in [1.54, 1.807) is 0 Å². The second-order valence-corrected chi connectivity index (χ2v) is 3.53. The molecule has 0 saturated carbocycles. The number of carbonyl (C=O) groups excluding carboxylic acids is 1. The quantitative estimate of drug-likeness (QED) is 0.564. The van der Waals surface area contributed by atoms with Gasteiger partial charge in [0.15, 0.2) is 0 Å². The molecule has 0 bridgehead atoms. The molecule has 3 N–H and O–H groups in total. The lowest BCUT2D eigenvalue weighted by molar-refractivity contribution is -0.0451. The number of rotatable bonds is 6. The van der Waals surface area contributed by atoms with E-state index in [1.807, 2.05) is 0 Å². The van der Waals surface area contributed by atoms with Gasteiger partial charge in [-0.1, -0.05) is 0 Å². The van der Waals surface area contributed by atoms with Crippen molar-refractivity contribution in [1.29, 1.82) is 0 Å². The fourth-order valence-corrected chi connectivity index (χ4v) is 0.971. The number of aliphatic hydroxyl groups is 3. The normalized spacial score (nSPS) is 11.4. The van der Waals surface area contributed by atoms with E-state index in [4.69, 9.17) is 24.5 Å². The molecular formula is C10H14O6. The third kappa shape index (κ3) is 2.82. The van der Waals surface area contributed by atoms with Gasteiger partial charge in [-0.3, -0.25) is 0 Å². The van der Waals surface area contributed by atoms with Crippen LogP contribution in [0.3, 0.4) is 0 Å². The zero-order chi connectivity index (χ0) is 12.0. The Labute approximate surface area is 92.1 Å². The minimum absolute atomic E-state index is 0.0303. The third-order valence-corrected chi connectivity index (χ3v) is 2.24. The molecule has 16 heavy (non-hydrogen) atoms. The molecular weight excluding hydrogens is 216 g/mol. The Balaban J connectivity index is 2.53. The van der Waals surface area contributed by atoms with Gasteiger partial charge < -0.3 is 24.5 Å². The molecule has 0 saturated heterocycles. The number of carbonyl (C=O) groups is 1. The van der Waals surface area contributed by atoms with Gasteiger partial charge in [0.05, 0.1) is 31.5 Å². The van der Waals surface area contributed by atoms with E-state index < -0.39 is 31.2 Å². The molecule has 1 heterocycles. The summed E-state index contributed by atoms with van der Waals surface area (Å²) in [4.78, 5) is 11.3. The Morgan fingerprint density at radius 1 is 1.31 bits per heavy atom. The standard InChI is InChI=1S/C10H14O6/c11-4-10(5-12,6-13)7-16-9(14)8-2-1-3-15-8/h1-3,11-13H,4-7H2. The number of ether oxygens (including phenoxy) is 1. The van der Waals surface area contributed by atoms with Crippen molar-refractivity contribution in [3.63, 3.8) is 0 Å². The average molecular weight is 230 g/mol. The molecule has 0 aliphatic carbocycles. The van der Waals surface area contributed by atoms with E-state index in [9.17, 15) is 4.79 Å². The first-order valence-corrected chi connectivity index (χ1v) is 4.70. The van der Waals surface area contributed by atoms with Gasteiger partial charge in [-0.25, -0.2) is 4.79 Å². The highest BCUT2D eigenvalue weighted by atomic mass is 16.5. The summed E-state index contributed by atoms with van der Waals surface area (Å²) in [6.45, 7) is -1.72. The first-order chi connectivity index (χ1) is 7.67. The van der Waals surface area contributed by atoms with E-state index in [0.29, 0.717) is 0 Å². The highest BCUT2D eigenvalue weighted by Crippen LogP contribution is 2.16. The van der Waals surface area contributed by atoms with Gasteiger partial charge >= 0.3 is 5.97 Å². The van der Waals surface area contributed by atoms with Gasteiger partial charge in [-0.05, 0) is 12.1 Å². The summed E-state index contributed by atoms with van der Waals surface area (Å²) in [5, 5.41) is 27.0. The lowest BCUT2D eigenvalue weighted by Crippen LogP contribution is -2.39. The topological polar surface area (TPSA) is 100 Å². The SMILES string of the molecule is O=C(OCC(CO)(CO)CO)c1ccco1. The van der Waals surface area contributed by atoms with Crippen LogP contribution in [0.1, 0.15) is 10.6 Å². The first-order valence-electron chi connectivity index (χ1n) is 4.70. The van der Waals surface area contributed by atoms with Gasteiger partial charge in [-0.15, -0.1) is 0 Å². The van der Waals surface area contributed by atoms with Crippen molar-refractivity contribution in [3.05, 3.63) is 24.2 Å². The molecule has 90 valence electrons. The zero-order valence-corrected chi connectivity index (χ0v) is 8.63. The van der Waals surface area contributed by atoms with Crippen molar-refractivity contribution in [2.24, 2.45) is 5.41 Å². The molecule has 1 aromatic heterocycles. The lowest BCUT2D eigenvalue weighted by Gasteiger charge is -2.26. The summed E-state index contributed by atoms with van der Waals surface area (Å²) in [6.07, 6.45) is 1.33. The number of esters is 1. The van der Waals surface area contributed by atoms with Crippen LogP contribution in [0.4, 0.5) is 0 Å². The van der Waals surface area contributed by atoms with Gasteiger partial charge in [0.25, 0.3) is 0 Å². The highest BCUT2D eigenvalue weighted by Gasteiger charge is 2.30. The molecule has 1 aromatic rings. The summed E-state index contributed by atoms with van der Waals surface area (Å²) >= 11 is 0. The summed E-state index contributed by atoms with van der Waals surface area (Å²) in [6, 6.07) is 2.97. The van der Waals surface area contributed by atoms with Crippen LogP contribution in [-0.2, 0) is 4.74 Å². The highest BCUT2D eigenvalue weighted by molar-refractivity contribution is 5.86. The van der Waals surface area contributed by atoms with Crippen molar-refractivity contribution in [1.82, 2.24) is 0 Å². The molecule has 1 rings (SSSR count). The third-order valence-electron chi connectivity index (χ3n) is 2.24. The van der Waals surface area contributed by atoms with Gasteiger partial charge in [0.2, 0.25) is 5.76 Å². The van der Waals surface area contributed by atoms with E-state index in [0.717, 1.165) is 0 Å². The number of aliphatic hydroxyl groups excluding tert-OH is 3. The van der Waals surface area contributed by atoms with Crippen LogP contribution in [0.5, 0.6) is 0 Å². The molecule has 0 fully saturated rings. The van der Waals surface area contributed by atoms with Crippen LogP contribution in [0.2, 0.25) is 0 Å². The fourth-order valence-electron chi connectivity index (χ4n) is 0.971. The number of hydrogen-bond acceptors (Lipinski definition) is 6. The molecule has 0 unspecified atom stereocenters. The minimum Gasteiger partial charge on any atom is -0.459 e. The van der Waals surface area contributed by atoms with Crippen molar-refractivity contribution >= 4 is 5.97 Å². The summed E-state index contributed by atoms with van der Waals surface area (Å²) < 4.78 is 9.61. The molecule has 6 heteroatoms. The summed E-state index contributed by atoms with van der Waals surface area (Å²) in [7, 11) is 0. The summed E-state index contributed by atoms with van der Waals surface area (Å²) in [5.41, 5.74) is -1.22. The Kier molecular flexibility index (Phi) is 4.48. The predicted octanol–water partition coefficient (Wildman–Crippen LogP) is -0.600. The Morgan fingerprint density at radius 2 is 1.94 bits per heavy atom. The molecule has 0 radical (unpaired) electrons. The molecule has 0 spiro atoms. The Hall–Kier alpha value is -1.37. The largest absolute Gasteiger partial charge is 0.459 e. The van der Waals surface area contributed by atoms with Crippen molar-refractivity contribution < 1.29 is 29.3 Å². The van der Waals surface area contributed by atoms with E-state index in [1.165, 1.54) is 18.4 Å². The minimum atomic E-state index is -1.22. The second-order valence-electron chi connectivity index (χ2n) is 3.53. The maximum Gasteiger partial charge on any atom is 0.374 e. The van der Waals surface area contributed by atoms with E-state index >= 15 is 0 Å². The van der Waals surface area contributed by atoms with E-state index in [-0.39, 0.29) is 12.4 Å². The lowest BCUT2D eigenvalue weighted by atomic mass is 9.93. The van der Waals surface area contributed by atoms with Gasteiger partial charge in [-0.2, -0.15) is 0 Å². The molecule has 0 aliphatic heterocycles. The first kappa shape index (κ1) is 12.7. The predicted molar refractivity (Wildman–Crippen MR) is 52.7 cm³/mol. The maximum absolute atomic E-state index is 11.3. The van der Waals surface area contributed by atoms with Crippen LogP contribution < -0.4 is 0 Å². The van der Waals surface area contributed by atoms with Crippen LogP contribution in [0.25, 0.3) is 0 Å². The second kappa shape index (κ2) is 5.64. The van der Waals surface area contributed by atoms with Crippen LogP contribution in [-0.4, -0.2) is 47.7 Å². The van der Waals surface area contributed by atoms with Crippen LogP contribution in [0, 0.1) is 5.41 Å². The monoisotopic (exact) mass is 230 g/mol. The summed E-state index contributed by atoms with van der Waals surface area (Å²) in [5.74, 6) is -0.674. The molecule has 0 atom stereocenters. The van der Waals surface area contributed by atoms with Crippen LogP contribution in [0.15, 0.2) is 22.8 Å². The van der Waals surface area contributed by atoms with E-state index in [2.05, 4.69) is 0 Å². The fraction of sp³-hybridized carbons (Fsp3) is 0.500. The van der Waals surface area contributed by atoms with Crippen LogP contribution >= 0.6 is 0 Å². The van der Waals surface area contributed by atoms with Crippen molar-refractivity contribution in [2.45, 2.75) is 0 Å². The molecule has 6 nitrogen and oxygen atoms in total. The molecule has 0 amide bonds. The number of furan rings is 1. The molecule has 0 aromatic carbocycles. The maximum atomic E-state index is 11.3. The smallest absolute Gasteiger partial charge is 0.374 e. The van der Waals surface area contributed by atoms with Crippen molar-refractivity contribution in [2.75, 3.05) is 26.4 Å². The molecule has 0 aliphatic rings. The van der Waals surface area contributed by atoms with Crippen molar-refractivity contribution in [3.8, 4) is 0 Å². The Bertz CT molecular complexity index is 306. The zero-order valence-electron chi connectivity index (χ0n) is 8.63.